The standard InChI is InChI=1S/C31H42N4O7/c1-3-14-40-16-12-33-28(36)6-5-7-29(37)35-22-9-11-24-23-10-8-21(30(38)34-13-17-41-15-4-2)18-25(23)27(26(24)19-22)20-42-31(32)39/h8-11,18-19,27H,3-7,12-17,20H2,1-2H3,(H2,32,39)(H,33,36)(H,34,38)(H,35,37). The van der Waals surface area contributed by atoms with Gasteiger partial charge in [-0.25, -0.2) is 4.79 Å². The Morgan fingerprint density at radius 2 is 1.40 bits per heavy atom. The molecule has 5 N–H and O–H groups in total. The van der Waals surface area contributed by atoms with E-state index in [0.717, 1.165) is 35.1 Å². The molecule has 0 bridgehead atoms. The summed E-state index contributed by atoms with van der Waals surface area (Å²) < 4.78 is 15.9. The van der Waals surface area contributed by atoms with E-state index < -0.39 is 6.09 Å². The van der Waals surface area contributed by atoms with Crippen LogP contribution in [0.1, 0.15) is 73.4 Å². The Morgan fingerprint density at radius 1 is 0.786 bits per heavy atom. The van der Waals surface area contributed by atoms with Crippen LogP contribution in [0.3, 0.4) is 0 Å². The van der Waals surface area contributed by atoms with E-state index in [1.165, 1.54) is 0 Å². The number of benzene rings is 2. The number of nitrogens with two attached hydrogens (primary N) is 1. The normalized spacial score (nSPS) is 13.1. The van der Waals surface area contributed by atoms with Crippen molar-refractivity contribution in [2.24, 2.45) is 5.73 Å². The Hall–Kier alpha value is -3.96. The van der Waals surface area contributed by atoms with Gasteiger partial charge in [0.05, 0.1) is 13.2 Å². The van der Waals surface area contributed by atoms with Crippen LogP contribution in [0.2, 0.25) is 0 Å². The topological polar surface area (TPSA) is 158 Å². The van der Waals surface area contributed by atoms with Crippen molar-refractivity contribution < 1.29 is 33.4 Å². The monoisotopic (exact) mass is 582 g/mol. The molecular weight excluding hydrogens is 540 g/mol. The van der Waals surface area contributed by atoms with E-state index in [9.17, 15) is 19.2 Å². The third kappa shape index (κ3) is 9.85. The highest BCUT2D eigenvalue weighted by atomic mass is 16.5. The minimum absolute atomic E-state index is 0.0126. The average molecular weight is 583 g/mol. The van der Waals surface area contributed by atoms with Gasteiger partial charge in [0.25, 0.3) is 5.91 Å². The van der Waals surface area contributed by atoms with Gasteiger partial charge in [0, 0.05) is 56.3 Å². The molecule has 1 aliphatic rings. The summed E-state index contributed by atoms with van der Waals surface area (Å²) in [5, 5.41) is 8.54. The van der Waals surface area contributed by atoms with Crippen molar-refractivity contribution in [3.05, 3.63) is 53.1 Å². The third-order valence-corrected chi connectivity index (χ3v) is 6.69. The molecule has 4 amide bonds. The highest BCUT2D eigenvalue weighted by Crippen LogP contribution is 2.46. The first kappa shape index (κ1) is 32.6. The fourth-order valence-electron chi connectivity index (χ4n) is 4.74. The van der Waals surface area contributed by atoms with Gasteiger partial charge in [-0.1, -0.05) is 26.0 Å². The fraction of sp³-hybridized carbons (Fsp3) is 0.484. The Labute approximate surface area is 246 Å². The molecule has 0 fully saturated rings. The molecule has 0 aliphatic heterocycles. The van der Waals surface area contributed by atoms with E-state index in [0.29, 0.717) is 57.2 Å². The summed E-state index contributed by atoms with van der Waals surface area (Å²) in [7, 11) is 0. The zero-order valence-corrected chi connectivity index (χ0v) is 24.5. The molecule has 0 aromatic heterocycles. The summed E-state index contributed by atoms with van der Waals surface area (Å²) in [5.41, 5.74) is 9.82. The molecule has 0 saturated carbocycles. The second kappa shape index (κ2) is 17.1. The number of amides is 4. The van der Waals surface area contributed by atoms with Gasteiger partial charge in [0.1, 0.15) is 6.61 Å². The van der Waals surface area contributed by atoms with Crippen molar-refractivity contribution in [2.45, 2.75) is 51.9 Å². The van der Waals surface area contributed by atoms with Crippen LogP contribution in [-0.4, -0.2) is 69.9 Å². The lowest BCUT2D eigenvalue weighted by Crippen LogP contribution is -2.27. The number of anilines is 1. The smallest absolute Gasteiger partial charge is 0.404 e. The summed E-state index contributed by atoms with van der Waals surface area (Å²) in [4.78, 5) is 48.8. The molecular formula is C31H42N4O7. The van der Waals surface area contributed by atoms with Crippen molar-refractivity contribution >= 4 is 29.5 Å². The van der Waals surface area contributed by atoms with Gasteiger partial charge >= 0.3 is 6.09 Å². The van der Waals surface area contributed by atoms with Crippen LogP contribution in [-0.2, 0) is 23.8 Å². The summed E-state index contributed by atoms with van der Waals surface area (Å²) in [5.74, 6) is -0.926. The second-order valence-electron chi connectivity index (χ2n) is 10.0. The number of hydrogen-bond acceptors (Lipinski definition) is 7. The number of carbonyl (C=O) groups excluding carboxylic acids is 4. The van der Waals surface area contributed by atoms with E-state index in [4.69, 9.17) is 19.9 Å². The van der Waals surface area contributed by atoms with Crippen molar-refractivity contribution in [1.82, 2.24) is 10.6 Å². The van der Waals surface area contributed by atoms with Gasteiger partial charge in [0.15, 0.2) is 0 Å². The molecule has 1 atom stereocenters. The Bertz CT molecular complexity index is 1230. The second-order valence-corrected chi connectivity index (χ2v) is 10.0. The average Bonchev–Trinajstić information content (AvgIpc) is 3.27. The Morgan fingerprint density at radius 3 is 2.07 bits per heavy atom. The lowest BCUT2D eigenvalue weighted by molar-refractivity contribution is -0.121. The zero-order valence-electron chi connectivity index (χ0n) is 24.5. The van der Waals surface area contributed by atoms with Crippen LogP contribution in [0.4, 0.5) is 10.5 Å². The molecule has 228 valence electrons. The molecule has 11 heteroatoms. The van der Waals surface area contributed by atoms with Gasteiger partial charge in [-0.05, 0) is 65.8 Å². The summed E-state index contributed by atoms with van der Waals surface area (Å²) in [6.45, 7) is 7.08. The first-order valence-corrected chi connectivity index (χ1v) is 14.5. The molecule has 1 unspecified atom stereocenters. The van der Waals surface area contributed by atoms with Crippen LogP contribution in [0.25, 0.3) is 11.1 Å². The van der Waals surface area contributed by atoms with Gasteiger partial charge in [0.2, 0.25) is 11.8 Å². The van der Waals surface area contributed by atoms with Crippen molar-refractivity contribution in [2.75, 3.05) is 51.4 Å². The van der Waals surface area contributed by atoms with Gasteiger partial charge in [-0.15, -0.1) is 0 Å². The largest absolute Gasteiger partial charge is 0.449 e. The molecule has 0 spiro atoms. The highest BCUT2D eigenvalue weighted by molar-refractivity contribution is 5.96. The van der Waals surface area contributed by atoms with E-state index in [1.54, 1.807) is 18.2 Å². The molecule has 0 saturated heterocycles. The van der Waals surface area contributed by atoms with Crippen LogP contribution in [0.5, 0.6) is 0 Å². The Kier molecular flexibility index (Phi) is 13.3. The number of ether oxygens (including phenoxy) is 3. The molecule has 3 rings (SSSR count). The Balaban J connectivity index is 1.62. The summed E-state index contributed by atoms with van der Waals surface area (Å²) >= 11 is 0. The van der Waals surface area contributed by atoms with Crippen molar-refractivity contribution in [3.8, 4) is 11.1 Å². The van der Waals surface area contributed by atoms with Gasteiger partial charge in [-0.3, -0.25) is 14.4 Å². The van der Waals surface area contributed by atoms with Crippen molar-refractivity contribution in [3.63, 3.8) is 0 Å². The predicted molar refractivity (Wildman–Crippen MR) is 159 cm³/mol. The van der Waals surface area contributed by atoms with E-state index in [1.807, 2.05) is 32.0 Å². The molecule has 2 aromatic carbocycles. The zero-order chi connectivity index (χ0) is 30.3. The van der Waals surface area contributed by atoms with E-state index in [-0.39, 0.29) is 43.1 Å². The molecule has 0 radical (unpaired) electrons. The number of rotatable bonds is 18. The summed E-state index contributed by atoms with van der Waals surface area (Å²) in [6, 6.07) is 11.0. The number of fused-ring (bicyclic) bond motifs is 3. The quantitative estimate of drug-likeness (QED) is 0.195. The molecule has 2 aromatic rings. The maximum Gasteiger partial charge on any atom is 0.404 e. The molecule has 0 heterocycles. The molecule has 42 heavy (non-hydrogen) atoms. The first-order chi connectivity index (χ1) is 20.3. The minimum atomic E-state index is -0.895. The predicted octanol–water partition coefficient (Wildman–Crippen LogP) is 3.70. The van der Waals surface area contributed by atoms with E-state index in [2.05, 4.69) is 16.0 Å². The third-order valence-electron chi connectivity index (χ3n) is 6.69. The number of nitrogens with one attached hydrogen (secondary N) is 3. The number of carbonyl (C=O) groups is 4. The van der Waals surface area contributed by atoms with Crippen LogP contribution in [0, 0.1) is 0 Å². The molecule has 11 nitrogen and oxygen atoms in total. The SMILES string of the molecule is CCCOCCNC(=O)CCCC(=O)Nc1ccc2c(c1)C(COC(N)=O)c1cc(C(=O)NCCOCCC)ccc1-2. The molecule has 1 aliphatic carbocycles. The maximum absolute atomic E-state index is 12.8. The fourth-order valence-corrected chi connectivity index (χ4v) is 4.74. The summed E-state index contributed by atoms with van der Waals surface area (Å²) in [6.07, 6.45) is 1.79. The van der Waals surface area contributed by atoms with Crippen LogP contribution >= 0.6 is 0 Å². The van der Waals surface area contributed by atoms with Crippen LogP contribution < -0.4 is 21.7 Å². The van der Waals surface area contributed by atoms with Crippen molar-refractivity contribution in [1.29, 1.82) is 0 Å². The minimum Gasteiger partial charge on any atom is -0.449 e. The van der Waals surface area contributed by atoms with Gasteiger partial charge in [-0.2, -0.15) is 0 Å². The first-order valence-electron chi connectivity index (χ1n) is 14.5. The van der Waals surface area contributed by atoms with E-state index >= 15 is 0 Å². The number of hydrogen-bond donors (Lipinski definition) is 4. The number of primary amides is 1. The van der Waals surface area contributed by atoms with Gasteiger partial charge < -0.3 is 35.9 Å². The van der Waals surface area contributed by atoms with Crippen LogP contribution in [0.15, 0.2) is 36.4 Å². The lowest BCUT2D eigenvalue weighted by atomic mass is 9.96. The highest BCUT2D eigenvalue weighted by Gasteiger charge is 2.31. The maximum atomic E-state index is 12.8. The lowest BCUT2D eigenvalue weighted by Gasteiger charge is -2.15.